The summed E-state index contributed by atoms with van der Waals surface area (Å²) in [5.74, 6) is -0.389. The molecule has 4 heteroatoms. The van der Waals surface area contributed by atoms with Crippen LogP contribution in [0.25, 0.3) is 0 Å². The molecule has 23 heavy (non-hydrogen) atoms. The minimum absolute atomic E-state index is 0.00804. The number of carbonyl (C=O) groups is 1. The Morgan fingerprint density at radius 3 is 2.78 bits per heavy atom. The van der Waals surface area contributed by atoms with Gasteiger partial charge in [-0.15, -0.1) is 0 Å². The Kier molecular flexibility index (Phi) is 4.99. The number of fused-ring (bicyclic) bond motifs is 1. The number of ether oxygens (including phenoxy) is 1. The molecule has 0 saturated heterocycles. The first-order chi connectivity index (χ1) is 11.2. The molecule has 1 aliphatic carbocycles. The average Bonchev–Trinajstić information content (AvgIpc) is 2.59. The fourth-order valence-electron chi connectivity index (χ4n) is 3.23. The molecule has 0 saturated carbocycles. The lowest BCUT2D eigenvalue weighted by molar-refractivity contribution is 0.00294. The Bertz CT molecular complexity index is 684. The van der Waals surface area contributed by atoms with Crippen LogP contribution >= 0.6 is 11.6 Å². The summed E-state index contributed by atoms with van der Waals surface area (Å²) in [6.07, 6.45) is 2.32. The Balaban J connectivity index is 1.81. The highest BCUT2D eigenvalue weighted by Gasteiger charge is 2.30. The van der Waals surface area contributed by atoms with Gasteiger partial charge in [0, 0.05) is 10.9 Å². The fraction of sp³-hybridized carbons (Fsp3) is 0.316. The smallest absolute Gasteiger partial charge is 0.338 e. The number of benzene rings is 2. The van der Waals surface area contributed by atoms with E-state index < -0.39 is 12.1 Å². The average molecular weight is 331 g/mol. The standard InChI is InChI=1S/C19H19ClO3/c20-15-9-10-16-14(11-15)7-4-8-17(16)18(12-21)23-19(22)13-5-2-1-3-6-13/h1-3,5-6,9-11,17-18,21H,4,7-8,12H2. The van der Waals surface area contributed by atoms with E-state index in [2.05, 4.69) is 0 Å². The highest BCUT2D eigenvalue weighted by molar-refractivity contribution is 6.30. The molecule has 0 radical (unpaired) electrons. The number of aryl methyl sites for hydroxylation is 1. The molecule has 0 heterocycles. The van der Waals surface area contributed by atoms with Gasteiger partial charge in [-0.1, -0.05) is 35.9 Å². The van der Waals surface area contributed by atoms with Crippen LogP contribution in [0.15, 0.2) is 48.5 Å². The molecule has 0 bridgehead atoms. The van der Waals surface area contributed by atoms with Crippen molar-refractivity contribution >= 4 is 17.6 Å². The van der Waals surface area contributed by atoms with Gasteiger partial charge >= 0.3 is 5.97 Å². The molecule has 2 atom stereocenters. The van der Waals surface area contributed by atoms with Crippen molar-refractivity contribution in [1.29, 1.82) is 0 Å². The van der Waals surface area contributed by atoms with Crippen molar-refractivity contribution in [3.05, 3.63) is 70.2 Å². The molecule has 2 unspecified atom stereocenters. The van der Waals surface area contributed by atoms with E-state index in [1.165, 1.54) is 5.56 Å². The van der Waals surface area contributed by atoms with E-state index in [9.17, 15) is 9.90 Å². The number of aliphatic hydroxyl groups is 1. The third-order valence-electron chi connectivity index (χ3n) is 4.36. The molecule has 0 fully saturated rings. The second-order valence-corrected chi connectivity index (χ2v) is 6.27. The second kappa shape index (κ2) is 7.16. The van der Waals surface area contributed by atoms with Crippen LogP contribution in [0.1, 0.15) is 40.2 Å². The Morgan fingerprint density at radius 2 is 2.04 bits per heavy atom. The van der Waals surface area contributed by atoms with Crippen molar-refractivity contribution in [2.45, 2.75) is 31.3 Å². The summed E-state index contributed by atoms with van der Waals surface area (Å²) in [5.41, 5.74) is 2.81. The summed E-state index contributed by atoms with van der Waals surface area (Å²) in [7, 11) is 0. The van der Waals surface area contributed by atoms with Crippen LogP contribution in [-0.2, 0) is 11.2 Å². The lowest BCUT2D eigenvalue weighted by Crippen LogP contribution is -2.31. The minimum Gasteiger partial charge on any atom is -0.456 e. The molecular weight excluding hydrogens is 312 g/mol. The maximum absolute atomic E-state index is 12.3. The van der Waals surface area contributed by atoms with Gasteiger partial charge in [0.15, 0.2) is 0 Å². The van der Waals surface area contributed by atoms with Gasteiger partial charge in [-0.05, 0) is 54.7 Å². The van der Waals surface area contributed by atoms with Gasteiger partial charge in [0.2, 0.25) is 0 Å². The van der Waals surface area contributed by atoms with Gasteiger partial charge in [0.05, 0.1) is 12.2 Å². The number of aliphatic hydroxyl groups excluding tert-OH is 1. The summed E-state index contributed by atoms with van der Waals surface area (Å²) in [6.45, 7) is -0.189. The molecule has 1 aliphatic rings. The van der Waals surface area contributed by atoms with Crippen molar-refractivity contribution in [1.82, 2.24) is 0 Å². The van der Waals surface area contributed by atoms with Gasteiger partial charge in [0.1, 0.15) is 6.10 Å². The summed E-state index contributed by atoms with van der Waals surface area (Å²) >= 11 is 6.07. The van der Waals surface area contributed by atoms with E-state index in [1.54, 1.807) is 24.3 Å². The van der Waals surface area contributed by atoms with Crippen molar-refractivity contribution < 1.29 is 14.6 Å². The van der Waals surface area contributed by atoms with Crippen molar-refractivity contribution in [3.63, 3.8) is 0 Å². The lowest BCUT2D eigenvalue weighted by Gasteiger charge is -2.31. The molecule has 2 aromatic rings. The van der Waals surface area contributed by atoms with Gasteiger partial charge in [0.25, 0.3) is 0 Å². The molecule has 0 aromatic heterocycles. The summed E-state index contributed by atoms with van der Waals surface area (Å²) < 4.78 is 5.59. The van der Waals surface area contributed by atoms with E-state index in [0.29, 0.717) is 10.6 Å². The van der Waals surface area contributed by atoms with E-state index in [1.807, 2.05) is 24.3 Å². The summed E-state index contributed by atoms with van der Waals surface area (Å²) in [5, 5.41) is 10.5. The Labute approximate surface area is 140 Å². The minimum atomic E-state index is -0.539. The molecule has 3 rings (SSSR count). The van der Waals surface area contributed by atoms with Gasteiger partial charge in [-0.3, -0.25) is 0 Å². The Morgan fingerprint density at radius 1 is 1.26 bits per heavy atom. The summed E-state index contributed by atoms with van der Waals surface area (Å²) in [4.78, 5) is 12.3. The van der Waals surface area contributed by atoms with Crippen LogP contribution in [0.4, 0.5) is 0 Å². The number of rotatable bonds is 4. The Hall–Kier alpha value is -1.84. The number of hydrogen-bond acceptors (Lipinski definition) is 3. The molecule has 2 aromatic carbocycles. The topological polar surface area (TPSA) is 46.5 Å². The maximum Gasteiger partial charge on any atom is 0.338 e. The fourth-order valence-corrected chi connectivity index (χ4v) is 3.43. The van der Waals surface area contributed by atoms with Crippen molar-refractivity contribution in [2.75, 3.05) is 6.61 Å². The molecule has 0 spiro atoms. The van der Waals surface area contributed by atoms with Crippen LogP contribution < -0.4 is 0 Å². The van der Waals surface area contributed by atoms with E-state index in [4.69, 9.17) is 16.3 Å². The first-order valence-corrected chi connectivity index (χ1v) is 8.22. The number of halogens is 1. The zero-order chi connectivity index (χ0) is 16.2. The zero-order valence-corrected chi connectivity index (χ0v) is 13.5. The largest absolute Gasteiger partial charge is 0.456 e. The quantitative estimate of drug-likeness (QED) is 0.863. The highest BCUT2D eigenvalue weighted by Crippen LogP contribution is 2.36. The first-order valence-electron chi connectivity index (χ1n) is 7.84. The van der Waals surface area contributed by atoms with E-state index in [-0.39, 0.29) is 12.5 Å². The van der Waals surface area contributed by atoms with Crippen LogP contribution in [0.5, 0.6) is 0 Å². The number of esters is 1. The van der Waals surface area contributed by atoms with E-state index >= 15 is 0 Å². The predicted octanol–water partition coefficient (Wildman–Crippen LogP) is 3.98. The van der Waals surface area contributed by atoms with Crippen LogP contribution in [-0.4, -0.2) is 23.8 Å². The lowest BCUT2D eigenvalue weighted by atomic mass is 9.80. The monoisotopic (exact) mass is 330 g/mol. The SMILES string of the molecule is O=C(OC(CO)C1CCCc2cc(Cl)ccc21)c1ccccc1. The third kappa shape index (κ3) is 3.57. The van der Waals surface area contributed by atoms with E-state index in [0.717, 1.165) is 24.8 Å². The molecule has 1 N–H and O–H groups in total. The zero-order valence-electron chi connectivity index (χ0n) is 12.7. The van der Waals surface area contributed by atoms with Crippen LogP contribution in [0.3, 0.4) is 0 Å². The maximum atomic E-state index is 12.3. The van der Waals surface area contributed by atoms with Gasteiger partial charge < -0.3 is 9.84 Å². The molecule has 0 amide bonds. The number of hydrogen-bond donors (Lipinski definition) is 1. The first kappa shape index (κ1) is 16.0. The normalized spacial score (nSPS) is 18.1. The highest BCUT2D eigenvalue weighted by atomic mass is 35.5. The molecule has 120 valence electrons. The molecular formula is C19H19ClO3. The van der Waals surface area contributed by atoms with Gasteiger partial charge in [-0.2, -0.15) is 0 Å². The van der Waals surface area contributed by atoms with Crippen molar-refractivity contribution in [3.8, 4) is 0 Å². The third-order valence-corrected chi connectivity index (χ3v) is 4.60. The van der Waals surface area contributed by atoms with Crippen LogP contribution in [0, 0.1) is 0 Å². The molecule has 3 nitrogen and oxygen atoms in total. The molecule has 0 aliphatic heterocycles. The van der Waals surface area contributed by atoms with Gasteiger partial charge in [-0.25, -0.2) is 4.79 Å². The van der Waals surface area contributed by atoms with Crippen molar-refractivity contribution in [2.24, 2.45) is 0 Å². The predicted molar refractivity (Wildman–Crippen MR) is 89.9 cm³/mol. The summed E-state index contributed by atoms with van der Waals surface area (Å²) in [6, 6.07) is 14.7. The number of carbonyl (C=O) groups excluding carboxylic acids is 1. The van der Waals surface area contributed by atoms with Crippen LogP contribution in [0.2, 0.25) is 5.02 Å². The second-order valence-electron chi connectivity index (χ2n) is 5.83.